The summed E-state index contributed by atoms with van der Waals surface area (Å²) in [6, 6.07) is 3.89. The van der Waals surface area contributed by atoms with Gasteiger partial charge in [0.2, 0.25) is 0 Å². The number of carbonyl (C=O) groups is 1. The van der Waals surface area contributed by atoms with Crippen molar-refractivity contribution in [1.29, 1.82) is 0 Å². The Morgan fingerprint density at radius 2 is 1.12 bits per heavy atom. The predicted octanol–water partition coefficient (Wildman–Crippen LogP) is 9.24. The van der Waals surface area contributed by atoms with Crippen LogP contribution in [0.3, 0.4) is 0 Å². The van der Waals surface area contributed by atoms with Crippen LogP contribution in [-0.2, 0) is 6.42 Å². The number of aromatic amines is 1. The minimum Gasteiger partial charge on any atom is -0.356 e. The third kappa shape index (κ3) is 17.3. The molecule has 0 saturated heterocycles. The van der Waals surface area contributed by atoms with E-state index in [0.29, 0.717) is 5.69 Å². The zero-order valence-electron chi connectivity index (χ0n) is 20.3. The molecule has 176 valence electrons. The molecule has 0 spiro atoms. The third-order valence-electron chi connectivity index (χ3n) is 5.37. The lowest BCUT2D eigenvalue weighted by Gasteiger charge is -2.01. The molecule has 0 unspecified atom stereocenters. The molecule has 1 heterocycles. The first kappa shape index (κ1) is 27.7. The van der Waals surface area contributed by atoms with Gasteiger partial charge in [0.15, 0.2) is 6.29 Å². The molecule has 1 aromatic rings. The van der Waals surface area contributed by atoms with Crippen molar-refractivity contribution in [3.05, 3.63) is 84.3 Å². The Bertz CT molecular complexity index is 702. The fraction of sp³-hybridized carbons (Fsp3) is 0.500. The molecule has 0 radical (unpaired) electrons. The number of rotatable bonds is 20. The van der Waals surface area contributed by atoms with Gasteiger partial charge >= 0.3 is 0 Å². The van der Waals surface area contributed by atoms with Crippen LogP contribution in [0.5, 0.6) is 0 Å². The van der Waals surface area contributed by atoms with Gasteiger partial charge in [-0.15, -0.1) is 0 Å². The summed E-state index contributed by atoms with van der Waals surface area (Å²) in [6.07, 6.45) is 40.1. The van der Waals surface area contributed by atoms with Crippen LogP contribution in [0, 0.1) is 0 Å². The van der Waals surface area contributed by atoms with Crippen molar-refractivity contribution in [3.63, 3.8) is 0 Å². The average molecular weight is 436 g/mol. The summed E-state index contributed by atoms with van der Waals surface area (Å²) in [6.45, 7) is 2.16. The highest BCUT2D eigenvalue weighted by Crippen LogP contribution is 2.11. The highest BCUT2D eigenvalue weighted by atomic mass is 16.1. The van der Waals surface area contributed by atoms with Gasteiger partial charge in [-0.1, -0.05) is 99.8 Å². The molecule has 1 N–H and O–H groups in total. The smallest absolute Gasteiger partial charge is 0.166 e. The van der Waals surface area contributed by atoms with E-state index >= 15 is 0 Å². The van der Waals surface area contributed by atoms with Crippen LogP contribution < -0.4 is 0 Å². The van der Waals surface area contributed by atoms with E-state index < -0.39 is 0 Å². The van der Waals surface area contributed by atoms with Crippen LogP contribution in [0.4, 0.5) is 0 Å². The lowest BCUT2D eigenvalue weighted by atomic mass is 10.1. The van der Waals surface area contributed by atoms with Gasteiger partial charge in [0.05, 0.1) is 5.69 Å². The van der Waals surface area contributed by atoms with E-state index in [-0.39, 0.29) is 0 Å². The Morgan fingerprint density at radius 1 is 0.625 bits per heavy atom. The summed E-state index contributed by atoms with van der Waals surface area (Å²) < 4.78 is 0. The molecule has 0 aliphatic rings. The van der Waals surface area contributed by atoms with Gasteiger partial charge in [0.1, 0.15) is 0 Å². The van der Waals surface area contributed by atoms with E-state index in [1.54, 1.807) is 0 Å². The van der Waals surface area contributed by atoms with Crippen molar-refractivity contribution in [3.8, 4) is 0 Å². The molecule has 2 heteroatoms. The van der Waals surface area contributed by atoms with Crippen LogP contribution in [0.25, 0.3) is 0 Å². The Hall–Kier alpha value is -2.35. The predicted molar refractivity (Wildman–Crippen MR) is 141 cm³/mol. The fourth-order valence-corrected chi connectivity index (χ4v) is 3.50. The van der Waals surface area contributed by atoms with Gasteiger partial charge in [0, 0.05) is 5.69 Å². The van der Waals surface area contributed by atoms with Crippen molar-refractivity contribution < 1.29 is 4.79 Å². The number of hydrogen-bond acceptors (Lipinski definition) is 1. The summed E-state index contributed by atoms with van der Waals surface area (Å²) in [5.74, 6) is 0. The molecule has 0 aliphatic heterocycles. The Kier molecular flexibility index (Phi) is 18.9. The summed E-state index contributed by atoms with van der Waals surface area (Å²) >= 11 is 0. The second-order valence-electron chi connectivity index (χ2n) is 8.28. The topological polar surface area (TPSA) is 32.9 Å². The van der Waals surface area contributed by atoms with Gasteiger partial charge in [0.25, 0.3) is 0 Å². The minimum atomic E-state index is 0.688. The van der Waals surface area contributed by atoms with Gasteiger partial charge in [-0.25, -0.2) is 0 Å². The first-order valence-electron chi connectivity index (χ1n) is 12.7. The first-order valence-corrected chi connectivity index (χ1v) is 12.7. The van der Waals surface area contributed by atoms with Crippen molar-refractivity contribution in [2.24, 2.45) is 0 Å². The molecule has 0 atom stereocenters. The van der Waals surface area contributed by atoms with Crippen LogP contribution in [-0.4, -0.2) is 11.3 Å². The largest absolute Gasteiger partial charge is 0.356 e. The molecule has 1 aromatic heterocycles. The van der Waals surface area contributed by atoms with Crippen molar-refractivity contribution in [2.45, 2.75) is 96.8 Å². The maximum Gasteiger partial charge on any atom is 0.166 e. The van der Waals surface area contributed by atoms with Crippen LogP contribution in [0.15, 0.2) is 72.9 Å². The molecular formula is C30H45NO. The SMILES string of the molecule is CC/C=C\C/C=C\C/C=C\C/C=C\C/C=C\CCCCCCCCCc1ccc(C=O)[nH]1. The quantitative estimate of drug-likeness (QED) is 0.123. The number of carbonyl (C=O) groups excluding carboxylic acids is 1. The maximum atomic E-state index is 10.7. The highest BCUT2D eigenvalue weighted by Gasteiger charge is 1.98. The van der Waals surface area contributed by atoms with Gasteiger partial charge in [-0.2, -0.15) is 0 Å². The number of aromatic nitrogens is 1. The zero-order chi connectivity index (χ0) is 23.0. The van der Waals surface area contributed by atoms with Crippen LogP contribution >= 0.6 is 0 Å². The molecular weight excluding hydrogens is 390 g/mol. The number of H-pyrrole nitrogens is 1. The first-order chi connectivity index (χ1) is 15.9. The van der Waals surface area contributed by atoms with Crippen LogP contribution in [0.1, 0.15) is 107 Å². The number of allylic oxidation sites excluding steroid dienone is 10. The molecule has 0 aromatic carbocycles. The lowest BCUT2D eigenvalue weighted by Crippen LogP contribution is -1.88. The van der Waals surface area contributed by atoms with Crippen molar-refractivity contribution in [2.75, 3.05) is 0 Å². The Labute approximate surface area is 197 Å². The second-order valence-corrected chi connectivity index (χ2v) is 8.28. The minimum absolute atomic E-state index is 0.688. The van der Waals surface area contributed by atoms with Gasteiger partial charge in [-0.3, -0.25) is 4.79 Å². The second kappa shape index (κ2) is 21.9. The summed E-state index contributed by atoms with van der Waals surface area (Å²) in [4.78, 5) is 13.8. The van der Waals surface area contributed by atoms with Crippen LogP contribution in [0.2, 0.25) is 0 Å². The normalized spacial score (nSPS) is 12.5. The molecule has 0 aliphatic carbocycles. The Balaban J connectivity index is 1.84. The fourth-order valence-electron chi connectivity index (χ4n) is 3.50. The van der Waals surface area contributed by atoms with E-state index in [9.17, 15) is 4.79 Å². The molecule has 0 bridgehead atoms. The van der Waals surface area contributed by atoms with E-state index in [1.807, 2.05) is 12.1 Å². The molecule has 0 amide bonds. The zero-order valence-corrected chi connectivity index (χ0v) is 20.3. The number of aryl methyl sites for hydroxylation is 1. The van der Waals surface area contributed by atoms with E-state index in [0.717, 1.165) is 44.8 Å². The molecule has 0 fully saturated rings. The Morgan fingerprint density at radius 3 is 1.66 bits per heavy atom. The molecule has 2 nitrogen and oxygen atoms in total. The maximum absolute atomic E-state index is 10.7. The molecule has 1 rings (SSSR count). The van der Waals surface area contributed by atoms with Gasteiger partial charge < -0.3 is 4.98 Å². The number of nitrogens with one attached hydrogen (secondary N) is 1. The van der Waals surface area contributed by atoms with E-state index in [4.69, 9.17) is 0 Å². The van der Waals surface area contributed by atoms with Crippen molar-refractivity contribution in [1.82, 2.24) is 4.98 Å². The number of aldehydes is 1. The molecule has 0 saturated carbocycles. The number of unbranched alkanes of at least 4 members (excludes halogenated alkanes) is 7. The highest BCUT2D eigenvalue weighted by molar-refractivity contribution is 5.71. The average Bonchev–Trinajstić information content (AvgIpc) is 3.27. The van der Waals surface area contributed by atoms with Gasteiger partial charge in [-0.05, 0) is 69.9 Å². The third-order valence-corrected chi connectivity index (χ3v) is 5.37. The standard InChI is InChI=1S/C30H45NO/c1-2-3-4-5-6-7-8-9-10-11-12-13-14-15-16-17-18-19-20-21-22-23-24-25-29-26-27-30(28-32)31-29/h3-4,6-7,9-10,12-13,15-16,26-28,31H,2,5,8,11,14,17-25H2,1H3/b4-3-,7-6-,10-9-,13-12-,16-15-. The van der Waals surface area contributed by atoms with Crippen molar-refractivity contribution >= 4 is 6.29 Å². The monoisotopic (exact) mass is 435 g/mol. The summed E-state index contributed by atoms with van der Waals surface area (Å²) in [7, 11) is 0. The summed E-state index contributed by atoms with van der Waals surface area (Å²) in [5, 5.41) is 0. The summed E-state index contributed by atoms with van der Waals surface area (Å²) in [5.41, 5.74) is 1.87. The molecule has 32 heavy (non-hydrogen) atoms. The lowest BCUT2D eigenvalue weighted by molar-refractivity contribution is 0.111. The van der Waals surface area contributed by atoms with E-state index in [1.165, 1.54) is 57.1 Å². The van der Waals surface area contributed by atoms with E-state index in [2.05, 4.69) is 72.7 Å². The number of hydrogen-bond donors (Lipinski definition) is 1.